The summed E-state index contributed by atoms with van der Waals surface area (Å²) in [6.07, 6.45) is -0.850. The Morgan fingerprint density at radius 3 is 2.41 bits per heavy atom. The van der Waals surface area contributed by atoms with E-state index in [1.807, 2.05) is 0 Å². The minimum Gasteiger partial charge on any atom is -0.411 e. The van der Waals surface area contributed by atoms with E-state index < -0.39 is 17.5 Å². The van der Waals surface area contributed by atoms with Crippen LogP contribution in [0.4, 0.5) is 13.2 Å². The molecule has 0 atom stereocenters. The van der Waals surface area contributed by atoms with Gasteiger partial charge in [-0.25, -0.2) is 0 Å². The fourth-order valence-corrected chi connectivity index (χ4v) is 1.27. The molecule has 6 heteroatoms. The second-order valence-electron chi connectivity index (χ2n) is 3.24. The van der Waals surface area contributed by atoms with Crippen molar-refractivity contribution in [3.05, 3.63) is 35.7 Å². The zero-order valence-electron chi connectivity index (χ0n) is 9.07. The molecule has 0 spiro atoms. The van der Waals surface area contributed by atoms with Gasteiger partial charge in [0, 0.05) is 12.4 Å². The summed E-state index contributed by atoms with van der Waals surface area (Å²) < 4.78 is 38.3. The van der Waals surface area contributed by atoms with Gasteiger partial charge in [-0.1, -0.05) is 12.1 Å². The fourth-order valence-electron chi connectivity index (χ4n) is 1.27. The summed E-state index contributed by atoms with van der Waals surface area (Å²) in [5.41, 5.74) is -0.995. The maximum absolute atomic E-state index is 12.8. The standard InChI is InChI=1S/C11H11F3N2O/c1-2-10(16-17)9(11(12,13)14)7-8-3-5-15-6-4-8/h3-7,17H,2H2,1H3. The number of oxime groups is 1. The summed E-state index contributed by atoms with van der Waals surface area (Å²) >= 11 is 0. The first-order valence-corrected chi connectivity index (χ1v) is 4.89. The number of halogens is 3. The number of nitrogens with zero attached hydrogens (tertiary/aromatic N) is 2. The first-order chi connectivity index (χ1) is 7.99. The van der Waals surface area contributed by atoms with Crippen LogP contribution in [0.25, 0.3) is 6.08 Å². The molecule has 3 nitrogen and oxygen atoms in total. The van der Waals surface area contributed by atoms with Crippen molar-refractivity contribution < 1.29 is 18.4 Å². The van der Waals surface area contributed by atoms with Crippen LogP contribution in [0.3, 0.4) is 0 Å². The summed E-state index contributed by atoms with van der Waals surface area (Å²) in [4.78, 5) is 3.71. The lowest BCUT2D eigenvalue weighted by Gasteiger charge is -2.11. The Hall–Kier alpha value is -1.85. The van der Waals surface area contributed by atoms with Gasteiger partial charge in [0.1, 0.15) is 0 Å². The Morgan fingerprint density at radius 2 is 2.00 bits per heavy atom. The SMILES string of the molecule is CCC(=NO)C(=Cc1ccncc1)C(F)(F)F. The molecule has 0 unspecified atom stereocenters. The van der Waals surface area contributed by atoms with Crippen LogP contribution in [-0.2, 0) is 0 Å². The van der Waals surface area contributed by atoms with Crippen molar-refractivity contribution in [2.75, 3.05) is 0 Å². The number of alkyl halides is 3. The Morgan fingerprint density at radius 1 is 1.41 bits per heavy atom. The van der Waals surface area contributed by atoms with E-state index in [1.165, 1.54) is 31.5 Å². The third-order valence-electron chi connectivity index (χ3n) is 2.09. The first-order valence-electron chi connectivity index (χ1n) is 4.89. The highest BCUT2D eigenvalue weighted by Gasteiger charge is 2.36. The van der Waals surface area contributed by atoms with Gasteiger partial charge in [-0.3, -0.25) is 4.98 Å². The van der Waals surface area contributed by atoms with E-state index in [-0.39, 0.29) is 6.42 Å². The van der Waals surface area contributed by atoms with Gasteiger partial charge in [0.15, 0.2) is 0 Å². The molecule has 1 aromatic rings. The highest BCUT2D eigenvalue weighted by Crippen LogP contribution is 2.29. The van der Waals surface area contributed by atoms with Crippen molar-refractivity contribution in [1.82, 2.24) is 4.98 Å². The van der Waals surface area contributed by atoms with Crippen molar-refractivity contribution in [3.63, 3.8) is 0 Å². The molecule has 0 saturated heterocycles. The predicted molar refractivity (Wildman–Crippen MR) is 57.8 cm³/mol. The Balaban J connectivity index is 3.21. The molecular formula is C11H11F3N2O. The molecule has 1 rings (SSSR count). The largest absolute Gasteiger partial charge is 0.418 e. The van der Waals surface area contributed by atoms with Crippen LogP contribution < -0.4 is 0 Å². The van der Waals surface area contributed by atoms with Gasteiger partial charge in [-0.2, -0.15) is 13.2 Å². The summed E-state index contributed by atoms with van der Waals surface area (Å²) in [5.74, 6) is 0. The minimum absolute atomic E-state index is 0.00702. The normalized spacial score (nSPS) is 13.9. The topological polar surface area (TPSA) is 45.5 Å². The van der Waals surface area contributed by atoms with E-state index in [0.29, 0.717) is 5.56 Å². The van der Waals surface area contributed by atoms with Gasteiger partial charge in [-0.15, -0.1) is 0 Å². The lowest BCUT2D eigenvalue weighted by atomic mass is 10.0. The van der Waals surface area contributed by atoms with Crippen molar-refractivity contribution in [1.29, 1.82) is 0 Å². The van der Waals surface area contributed by atoms with Crippen LogP contribution in [0.1, 0.15) is 18.9 Å². The second-order valence-corrected chi connectivity index (χ2v) is 3.24. The summed E-state index contributed by atoms with van der Waals surface area (Å²) in [6, 6.07) is 2.88. The maximum Gasteiger partial charge on any atom is 0.418 e. The van der Waals surface area contributed by atoms with Gasteiger partial charge in [0.2, 0.25) is 0 Å². The maximum atomic E-state index is 12.8. The average Bonchev–Trinajstić information content (AvgIpc) is 2.29. The first kappa shape index (κ1) is 13.2. The fraction of sp³-hybridized carbons (Fsp3) is 0.273. The molecule has 92 valence electrons. The highest BCUT2D eigenvalue weighted by molar-refractivity contribution is 6.04. The van der Waals surface area contributed by atoms with E-state index in [2.05, 4.69) is 10.1 Å². The van der Waals surface area contributed by atoms with E-state index in [9.17, 15) is 13.2 Å². The van der Waals surface area contributed by atoms with Crippen LogP contribution >= 0.6 is 0 Å². The van der Waals surface area contributed by atoms with Crippen LogP contribution in [0.2, 0.25) is 0 Å². The summed E-state index contributed by atoms with van der Waals surface area (Å²) in [7, 11) is 0. The van der Waals surface area contributed by atoms with E-state index >= 15 is 0 Å². The molecule has 0 saturated carbocycles. The molecule has 1 N–H and O–H groups in total. The summed E-state index contributed by atoms with van der Waals surface area (Å²) in [5, 5.41) is 11.3. The van der Waals surface area contributed by atoms with E-state index in [4.69, 9.17) is 5.21 Å². The lowest BCUT2D eigenvalue weighted by Crippen LogP contribution is -2.19. The van der Waals surface area contributed by atoms with E-state index in [1.54, 1.807) is 0 Å². The third kappa shape index (κ3) is 3.58. The Bertz CT molecular complexity index is 424. The molecule has 0 aromatic carbocycles. The van der Waals surface area contributed by atoms with Crippen molar-refractivity contribution in [2.45, 2.75) is 19.5 Å². The number of aromatic nitrogens is 1. The molecular weight excluding hydrogens is 233 g/mol. The molecule has 0 aliphatic rings. The van der Waals surface area contributed by atoms with Gasteiger partial charge in [-0.05, 0) is 30.2 Å². The Kier molecular flexibility index (Phi) is 4.25. The number of hydrogen-bond acceptors (Lipinski definition) is 3. The predicted octanol–water partition coefficient (Wildman–Crippen LogP) is 3.27. The quantitative estimate of drug-likeness (QED) is 0.504. The highest BCUT2D eigenvalue weighted by atomic mass is 19.4. The molecule has 0 fully saturated rings. The molecule has 0 aliphatic carbocycles. The van der Waals surface area contributed by atoms with Crippen LogP contribution in [0, 0.1) is 0 Å². The molecule has 0 aliphatic heterocycles. The minimum atomic E-state index is -4.55. The van der Waals surface area contributed by atoms with Crippen molar-refractivity contribution in [2.24, 2.45) is 5.16 Å². The second kappa shape index (κ2) is 5.47. The lowest BCUT2D eigenvalue weighted by molar-refractivity contribution is -0.0855. The number of hydrogen-bond donors (Lipinski definition) is 1. The number of rotatable bonds is 3. The monoisotopic (exact) mass is 244 g/mol. The van der Waals surface area contributed by atoms with Crippen molar-refractivity contribution in [3.8, 4) is 0 Å². The third-order valence-corrected chi connectivity index (χ3v) is 2.09. The van der Waals surface area contributed by atoms with Gasteiger partial charge in [0.05, 0.1) is 11.3 Å². The molecule has 1 aromatic heterocycles. The molecule has 0 radical (unpaired) electrons. The van der Waals surface area contributed by atoms with Gasteiger partial charge >= 0.3 is 6.18 Å². The van der Waals surface area contributed by atoms with Gasteiger partial charge < -0.3 is 5.21 Å². The zero-order valence-corrected chi connectivity index (χ0v) is 9.07. The number of pyridine rings is 1. The van der Waals surface area contributed by atoms with Crippen LogP contribution in [0.15, 0.2) is 35.3 Å². The average molecular weight is 244 g/mol. The van der Waals surface area contributed by atoms with Crippen LogP contribution in [-0.4, -0.2) is 22.1 Å². The molecule has 0 bridgehead atoms. The zero-order chi connectivity index (χ0) is 12.9. The summed E-state index contributed by atoms with van der Waals surface area (Å²) in [6.45, 7) is 1.49. The smallest absolute Gasteiger partial charge is 0.411 e. The molecule has 1 heterocycles. The number of allylic oxidation sites excluding steroid dienone is 1. The molecule has 17 heavy (non-hydrogen) atoms. The van der Waals surface area contributed by atoms with Gasteiger partial charge in [0.25, 0.3) is 0 Å². The Labute approximate surface area is 96.3 Å². The van der Waals surface area contributed by atoms with E-state index in [0.717, 1.165) is 6.08 Å². The van der Waals surface area contributed by atoms with Crippen LogP contribution in [0.5, 0.6) is 0 Å². The molecule has 0 amide bonds. The van der Waals surface area contributed by atoms with Crippen molar-refractivity contribution >= 4 is 11.8 Å².